The molecule has 90 valence electrons. The summed E-state index contributed by atoms with van der Waals surface area (Å²) in [4.78, 5) is 0. The number of ether oxygens (including phenoxy) is 2. The third kappa shape index (κ3) is 3.42. The molecule has 0 fully saturated rings. The predicted octanol–water partition coefficient (Wildman–Crippen LogP) is 2.46. The van der Waals surface area contributed by atoms with Crippen molar-refractivity contribution >= 4 is 0 Å². The summed E-state index contributed by atoms with van der Waals surface area (Å²) in [6, 6.07) is 8.06. The summed E-state index contributed by atoms with van der Waals surface area (Å²) < 4.78 is 11.0. The highest BCUT2D eigenvalue weighted by molar-refractivity contribution is 5.33. The lowest BCUT2D eigenvalue weighted by molar-refractivity contribution is 0.171. The molecule has 3 nitrogen and oxygen atoms in total. The summed E-state index contributed by atoms with van der Waals surface area (Å²) in [6.45, 7) is 4.22. The summed E-state index contributed by atoms with van der Waals surface area (Å²) in [5.74, 6) is 1.67. The Kier molecular flexibility index (Phi) is 5.12. The fourth-order valence-corrected chi connectivity index (χ4v) is 1.74. The van der Waals surface area contributed by atoms with Crippen molar-refractivity contribution in [3.8, 4) is 11.5 Å². The average Bonchev–Trinajstić information content (AvgIpc) is 2.31. The lowest BCUT2D eigenvalue weighted by atomic mass is 10.1. The summed E-state index contributed by atoms with van der Waals surface area (Å²) in [5.41, 5.74) is 0. The molecule has 3 heteroatoms. The normalized spacial score (nSPS) is 14.2. The number of methoxy groups -OCH3 is 1. The van der Waals surface area contributed by atoms with Gasteiger partial charge in [-0.1, -0.05) is 13.0 Å². The van der Waals surface area contributed by atoms with Gasteiger partial charge in [0.25, 0.3) is 0 Å². The molecule has 0 aliphatic carbocycles. The Morgan fingerprint density at radius 2 is 2.00 bits per heavy atom. The molecule has 0 spiro atoms. The minimum Gasteiger partial charge on any atom is -0.497 e. The van der Waals surface area contributed by atoms with Gasteiger partial charge in [-0.05, 0) is 32.5 Å². The van der Waals surface area contributed by atoms with Crippen molar-refractivity contribution in [2.45, 2.75) is 32.4 Å². The molecule has 0 heterocycles. The molecule has 1 N–H and O–H groups in total. The second kappa shape index (κ2) is 6.38. The Balaban J connectivity index is 2.64. The number of rotatable bonds is 6. The van der Waals surface area contributed by atoms with E-state index in [9.17, 15) is 0 Å². The van der Waals surface area contributed by atoms with E-state index in [1.54, 1.807) is 7.11 Å². The molecule has 1 rings (SSSR count). The zero-order valence-corrected chi connectivity index (χ0v) is 10.5. The maximum Gasteiger partial charge on any atom is 0.123 e. The lowest BCUT2D eigenvalue weighted by Gasteiger charge is -2.23. The Morgan fingerprint density at radius 3 is 2.56 bits per heavy atom. The zero-order chi connectivity index (χ0) is 12.0. The predicted molar refractivity (Wildman–Crippen MR) is 66.2 cm³/mol. The van der Waals surface area contributed by atoms with Crippen molar-refractivity contribution in [2.75, 3.05) is 14.2 Å². The van der Waals surface area contributed by atoms with Gasteiger partial charge in [0.05, 0.1) is 7.11 Å². The first-order valence-electron chi connectivity index (χ1n) is 5.69. The van der Waals surface area contributed by atoms with Crippen LogP contribution in [0.15, 0.2) is 24.3 Å². The molecule has 1 aromatic rings. The maximum atomic E-state index is 5.86. The maximum absolute atomic E-state index is 5.86. The van der Waals surface area contributed by atoms with Crippen molar-refractivity contribution < 1.29 is 9.47 Å². The van der Waals surface area contributed by atoms with Crippen LogP contribution >= 0.6 is 0 Å². The summed E-state index contributed by atoms with van der Waals surface area (Å²) in [6.07, 6.45) is 1.18. The van der Waals surface area contributed by atoms with Crippen LogP contribution in [0.3, 0.4) is 0 Å². The van der Waals surface area contributed by atoms with E-state index in [1.807, 2.05) is 31.3 Å². The van der Waals surface area contributed by atoms with Crippen molar-refractivity contribution in [2.24, 2.45) is 0 Å². The van der Waals surface area contributed by atoms with E-state index in [-0.39, 0.29) is 6.10 Å². The van der Waals surface area contributed by atoms with E-state index in [0.29, 0.717) is 6.04 Å². The molecule has 0 bridgehead atoms. The highest BCUT2D eigenvalue weighted by Crippen LogP contribution is 2.20. The minimum absolute atomic E-state index is 0.141. The fourth-order valence-electron chi connectivity index (χ4n) is 1.74. The standard InChI is InChI=1S/C13H21NO2/c1-5-13(14-3)10(2)16-12-8-6-7-11(9-12)15-4/h6-10,13-14H,5H2,1-4H3. The fraction of sp³-hybridized carbons (Fsp3) is 0.538. The topological polar surface area (TPSA) is 30.5 Å². The van der Waals surface area contributed by atoms with Crippen molar-refractivity contribution in [1.82, 2.24) is 5.32 Å². The van der Waals surface area contributed by atoms with Crippen molar-refractivity contribution in [3.63, 3.8) is 0 Å². The van der Waals surface area contributed by atoms with Crippen LogP contribution in [0, 0.1) is 0 Å². The highest BCUT2D eigenvalue weighted by atomic mass is 16.5. The molecular weight excluding hydrogens is 202 g/mol. The van der Waals surface area contributed by atoms with E-state index in [2.05, 4.69) is 19.2 Å². The average molecular weight is 223 g/mol. The lowest BCUT2D eigenvalue weighted by Crippen LogP contribution is -2.38. The van der Waals surface area contributed by atoms with Gasteiger partial charge in [-0.3, -0.25) is 0 Å². The molecule has 0 saturated heterocycles. The van der Waals surface area contributed by atoms with Gasteiger partial charge in [-0.15, -0.1) is 0 Å². The molecule has 0 amide bonds. The van der Waals surface area contributed by atoms with Gasteiger partial charge in [0.1, 0.15) is 17.6 Å². The SMILES string of the molecule is CCC(NC)C(C)Oc1cccc(OC)c1. The molecule has 2 atom stereocenters. The first kappa shape index (κ1) is 12.8. The molecule has 0 aliphatic heterocycles. The summed E-state index contributed by atoms with van der Waals surface area (Å²) in [7, 11) is 3.62. The second-order valence-corrected chi connectivity index (χ2v) is 3.81. The van der Waals surface area contributed by atoms with Gasteiger partial charge in [-0.2, -0.15) is 0 Å². The van der Waals surface area contributed by atoms with Crippen LogP contribution in [0.5, 0.6) is 11.5 Å². The van der Waals surface area contributed by atoms with E-state index in [1.165, 1.54) is 0 Å². The third-order valence-corrected chi connectivity index (χ3v) is 2.74. The highest BCUT2D eigenvalue weighted by Gasteiger charge is 2.14. The molecule has 0 saturated carbocycles. The van der Waals surface area contributed by atoms with Crippen LogP contribution in [0.2, 0.25) is 0 Å². The third-order valence-electron chi connectivity index (χ3n) is 2.74. The first-order valence-corrected chi connectivity index (χ1v) is 5.69. The Morgan fingerprint density at radius 1 is 1.31 bits per heavy atom. The van der Waals surface area contributed by atoms with Crippen molar-refractivity contribution in [1.29, 1.82) is 0 Å². The quantitative estimate of drug-likeness (QED) is 0.803. The number of nitrogens with one attached hydrogen (secondary N) is 1. The van der Waals surface area contributed by atoms with Gasteiger partial charge in [0.15, 0.2) is 0 Å². The van der Waals surface area contributed by atoms with Crippen LogP contribution in [-0.4, -0.2) is 26.3 Å². The smallest absolute Gasteiger partial charge is 0.123 e. The van der Waals surface area contributed by atoms with E-state index < -0.39 is 0 Å². The molecule has 16 heavy (non-hydrogen) atoms. The molecule has 0 aromatic heterocycles. The van der Waals surface area contributed by atoms with E-state index in [0.717, 1.165) is 17.9 Å². The molecule has 0 radical (unpaired) electrons. The van der Waals surface area contributed by atoms with Crippen LogP contribution in [0.1, 0.15) is 20.3 Å². The van der Waals surface area contributed by atoms with Gasteiger partial charge >= 0.3 is 0 Å². The second-order valence-electron chi connectivity index (χ2n) is 3.81. The van der Waals surface area contributed by atoms with Gasteiger partial charge in [0, 0.05) is 12.1 Å². The van der Waals surface area contributed by atoms with Crippen LogP contribution < -0.4 is 14.8 Å². The monoisotopic (exact) mass is 223 g/mol. The summed E-state index contributed by atoms with van der Waals surface area (Å²) >= 11 is 0. The molecule has 1 aromatic carbocycles. The molecule has 0 aliphatic rings. The molecule has 2 unspecified atom stereocenters. The Labute approximate surface area is 97.8 Å². The van der Waals surface area contributed by atoms with E-state index in [4.69, 9.17) is 9.47 Å². The van der Waals surface area contributed by atoms with Gasteiger partial charge < -0.3 is 14.8 Å². The minimum atomic E-state index is 0.141. The van der Waals surface area contributed by atoms with Crippen LogP contribution in [-0.2, 0) is 0 Å². The first-order chi connectivity index (χ1) is 7.71. The van der Waals surface area contributed by atoms with Gasteiger partial charge in [0.2, 0.25) is 0 Å². The largest absolute Gasteiger partial charge is 0.497 e. The summed E-state index contributed by atoms with van der Waals surface area (Å²) in [5, 5.41) is 3.24. The Bertz CT molecular complexity index is 311. The van der Waals surface area contributed by atoms with Crippen LogP contribution in [0.25, 0.3) is 0 Å². The number of hydrogen-bond acceptors (Lipinski definition) is 3. The molecular formula is C13H21NO2. The number of hydrogen-bond donors (Lipinski definition) is 1. The van der Waals surface area contributed by atoms with E-state index >= 15 is 0 Å². The number of likely N-dealkylation sites (N-methyl/N-ethyl adjacent to an activating group) is 1. The number of benzene rings is 1. The zero-order valence-electron chi connectivity index (χ0n) is 10.5. The van der Waals surface area contributed by atoms with Crippen LogP contribution in [0.4, 0.5) is 0 Å². The van der Waals surface area contributed by atoms with Gasteiger partial charge in [-0.25, -0.2) is 0 Å². The Hall–Kier alpha value is -1.22. The van der Waals surface area contributed by atoms with Crippen molar-refractivity contribution in [3.05, 3.63) is 24.3 Å².